The zero-order valence-electron chi connectivity index (χ0n) is 11.1. The Balaban J connectivity index is 1.68. The number of aliphatic hydroxyl groups is 1. The molecule has 2 N–H and O–H groups in total. The summed E-state index contributed by atoms with van der Waals surface area (Å²) in [4.78, 5) is 0. The van der Waals surface area contributed by atoms with Crippen molar-refractivity contribution in [2.75, 3.05) is 13.2 Å². The van der Waals surface area contributed by atoms with Crippen molar-refractivity contribution in [1.82, 2.24) is 5.32 Å². The van der Waals surface area contributed by atoms with E-state index in [9.17, 15) is 0 Å². The second kappa shape index (κ2) is 7.55. The molecule has 0 bridgehead atoms. The Bertz CT molecular complexity index is 317. The van der Waals surface area contributed by atoms with E-state index in [0.717, 1.165) is 25.3 Å². The van der Waals surface area contributed by atoms with E-state index in [-0.39, 0.29) is 0 Å². The summed E-state index contributed by atoms with van der Waals surface area (Å²) in [6.07, 6.45) is 7.21. The molecule has 1 aromatic rings. The van der Waals surface area contributed by atoms with Gasteiger partial charge in [0.15, 0.2) is 0 Å². The molecule has 100 valence electrons. The summed E-state index contributed by atoms with van der Waals surface area (Å²) in [5.74, 6) is 0.765. The summed E-state index contributed by atoms with van der Waals surface area (Å²) in [5, 5.41) is 12.4. The second-order valence-corrected chi connectivity index (χ2v) is 5.34. The second-order valence-electron chi connectivity index (χ2n) is 5.34. The van der Waals surface area contributed by atoms with Crippen LogP contribution >= 0.6 is 0 Å². The summed E-state index contributed by atoms with van der Waals surface area (Å²) in [7, 11) is 0. The molecule has 0 amide bonds. The van der Waals surface area contributed by atoms with E-state index in [4.69, 9.17) is 5.11 Å². The van der Waals surface area contributed by atoms with Crippen molar-refractivity contribution in [3.8, 4) is 0 Å². The van der Waals surface area contributed by atoms with Crippen LogP contribution in [0.15, 0.2) is 30.3 Å². The molecule has 2 rings (SSSR count). The first kappa shape index (κ1) is 13.6. The van der Waals surface area contributed by atoms with Gasteiger partial charge in [-0.2, -0.15) is 0 Å². The molecule has 0 spiro atoms. The third kappa shape index (κ3) is 4.11. The number of benzene rings is 1. The topological polar surface area (TPSA) is 32.3 Å². The van der Waals surface area contributed by atoms with Crippen LogP contribution in [0.2, 0.25) is 0 Å². The molecule has 2 heteroatoms. The van der Waals surface area contributed by atoms with Crippen LogP contribution in [0.3, 0.4) is 0 Å². The molecule has 2 nitrogen and oxygen atoms in total. The van der Waals surface area contributed by atoms with Gasteiger partial charge in [-0.3, -0.25) is 0 Å². The Hall–Kier alpha value is -0.860. The standard InChI is InChI=1S/C16H25NO/c18-13-5-4-12-17-16-10-8-15(9-11-16)14-6-2-1-3-7-14/h1-3,6-7,15-18H,4-5,8-13H2. The van der Waals surface area contributed by atoms with E-state index >= 15 is 0 Å². The monoisotopic (exact) mass is 247 g/mol. The van der Waals surface area contributed by atoms with E-state index in [2.05, 4.69) is 35.6 Å². The number of hydrogen-bond acceptors (Lipinski definition) is 2. The number of unbranched alkanes of at least 4 members (excludes halogenated alkanes) is 1. The smallest absolute Gasteiger partial charge is 0.0431 e. The fourth-order valence-electron chi connectivity index (χ4n) is 2.90. The molecule has 1 aliphatic carbocycles. The Morgan fingerprint density at radius 1 is 1.00 bits per heavy atom. The molecule has 1 aromatic carbocycles. The lowest BCUT2D eigenvalue weighted by atomic mass is 9.82. The van der Waals surface area contributed by atoms with Gasteiger partial charge in [-0.05, 0) is 56.6 Å². The van der Waals surface area contributed by atoms with Crippen molar-refractivity contribution in [2.45, 2.75) is 50.5 Å². The van der Waals surface area contributed by atoms with Crippen molar-refractivity contribution >= 4 is 0 Å². The van der Waals surface area contributed by atoms with Gasteiger partial charge in [-0.1, -0.05) is 30.3 Å². The average molecular weight is 247 g/mol. The first-order valence-corrected chi connectivity index (χ1v) is 7.29. The highest BCUT2D eigenvalue weighted by molar-refractivity contribution is 5.20. The molecule has 1 saturated carbocycles. The molecule has 0 unspecified atom stereocenters. The van der Waals surface area contributed by atoms with E-state index in [0.29, 0.717) is 12.6 Å². The summed E-state index contributed by atoms with van der Waals surface area (Å²) in [6, 6.07) is 11.6. The van der Waals surface area contributed by atoms with Crippen molar-refractivity contribution in [3.63, 3.8) is 0 Å². The lowest BCUT2D eigenvalue weighted by Crippen LogP contribution is -2.33. The maximum atomic E-state index is 8.74. The van der Waals surface area contributed by atoms with E-state index in [1.54, 1.807) is 0 Å². The van der Waals surface area contributed by atoms with Crippen LogP contribution < -0.4 is 5.32 Å². The molecular weight excluding hydrogens is 222 g/mol. The molecule has 0 heterocycles. The predicted octanol–water partition coefficient (Wildman–Crippen LogP) is 3.07. The highest BCUT2D eigenvalue weighted by Crippen LogP contribution is 2.32. The van der Waals surface area contributed by atoms with Crippen LogP contribution in [0.4, 0.5) is 0 Å². The number of nitrogens with one attached hydrogen (secondary N) is 1. The van der Waals surface area contributed by atoms with E-state index in [1.165, 1.54) is 31.2 Å². The van der Waals surface area contributed by atoms with Crippen molar-refractivity contribution in [3.05, 3.63) is 35.9 Å². The normalized spacial score (nSPS) is 24.1. The third-order valence-corrected chi connectivity index (χ3v) is 4.02. The quantitative estimate of drug-likeness (QED) is 0.757. The van der Waals surface area contributed by atoms with Gasteiger partial charge in [-0.25, -0.2) is 0 Å². The largest absolute Gasteiger partial charge is 0.396 e. The number of rotatable bonds is 6. The molecule has 1 aliphatic rings. The van der Waals surface area contributed by atoms with Gasteiger partial charge >= 0.3 is 0 Å². The Labute approximate surface area is 110 Å². The lowest BCUT2D eigenvalue weighted by Gasteiger charge is -2.29. The minimum Gasteiger partial charge on any atom is -0.396 e. The average Bonchev–Trinajstić information content (AvgIpc) is 2.45. The molecule has 0 atom stereocenters. The Kier molecular flexibility index (Phi) is 5.69. The van der Waals surface area contributed by atoms with Gasteiger partial charge in [0, 0.05) is 12.6 Å². The van der Waals surface area contributed by atoms with E-state index in [1.807, 2.05) is 0 Å². The molecular formula is C16H25NO. The fourth-order valence-corrected chi connectivity index (χ4v) is 2.90. The molecule has 0 saturated heterocycles. The maximum absolute atomic E-state index is 8.74. The zero-order chi connectivity index (χ0) is 12.6. The summed E-state index contributed by atoms with van der Waals surface area (Å²) in [5.41, 5.74) is 1.51. The first-order chi connectivity index (χ1) is 8.90. The molecule has 0 aliphatic heterocycles. The number of aliphatic hydroxyl groups excluding tert-OH is 1. The van der Waals surface area contributed by atoms with Crippen LogP contribution in [0.25, 0.3) is 0 Å². The molecule has 0 radical (unpaired) electrons. The minimum atomic E-state index is 0.322. The molecule has 18 heavy (non-hydrogen) atoms. The highest BCUT2D eigenvalue weighted by Gasteiger charge is 2.21. The first-order valence-electron chi connectivity index (χ1n) is 7.29. The minimum absolute atomic E-state index is 0.322. The maximum Gasteiger partial charge on any atom is 0.0431 e. The molecule has 0 aromatic heterocycles. The summed E-state index contributed by atoms with van der Waals surface area (Å²) in [6.45, 7) is 1.38. The van der Waals surface area contributed by atoms with Gasteiger partial charge in [-0.15, -0.1) is 0 Å². The predicted molar refractivity (Wildman–Crippen MR) is 75.8 cm³/mol. The Morgan fingerprint density at radius 3 is 2.39 bits per heavy atom. The number of hydrogen-bond donors (Lipinski definition) is 2. The van der Waals surface area contributed by atoms with Crippen molar-refractivity contribution in [2.24, 2.45) is 0 Å². The van der Waals surface area contributed by atoms with Crippen LogP contribution in [0.1, 0.15) is 50.0 Å². The fraction of sp³-hybridized carbons (Fsp3) is 0.625. The van der Waals surface area contributed by atoms with Crippen molar-refractivity contribution in [1.29, 1.82) is 0 Å². The van der Waals surface area contributed by atoms with Crippen LogP contribution in [-0.2, 0) is 0 Å². The van der Waals surface area contributed by atoms with Crippen LogP contribution in [-0.4, -0.2) is 24.3 Å². The molecule has 1 fully saturated rings. The van der Waals surface area contributed by atoms with Gasteiger partial charge in [0.1, 0.15) is 0 Å². The van der Waals surface area contributed by atoms with Gasteiger partial charge in [0.25, 0.3) is 0 Å². The Morgan fingerprint density at radius 2 is 1.72 bits per heavy atom. The highest BCUT2D eigenvalue weighted by atomic mass is 16.2. The summed E-state index contributed by atoms with van der Waals surface area (Å²) < 4.78 is 0. The zero-order valence-corrected chi connectivity index (χ0v) is 11.1. The van der Waals surface area contributed by atoms with E-state index < -0.39 is 0 Å². The summed E-state index contributed by atoms with van der Waals surface area (Å²) >= 11 is 0. The van der Waals surface area contributed by atoms with Gasteiger partial charge in [0.2, 0.25) is 0 Å². The van der Waals surface area contributed by atoms with Crippen LogP contribution in [0, 0.1) is 0 Å². The van der Waals surface area contributed by atoms with Crippen molar-refractivity contribution < 1.29 is 5.11 Å². The lowest BCUT2D eigenvalue weighted by molar-refractivity contribution is 0.279. The SMILES string of the molecule is OCCCCNC1CCC(c2ccccc2)CC1. The third-order valence-electron chi connectivity index (χ3n) is 4.02. The van der Waals surface area contributed by atoms with Gasteiger partial charge in [0.05, 0.1) is 0 Å². The van der Waals surface area contributed by atoms with Crippen LogP contribution in [0.5, 0.6) is 0 Å². The van der Waals surface area contributed by atoms with Gasteiger partial charge < -0.3 is 10.4 Å².